The predicted octanol–water partition coefficient (Wildman–Crippen LogP) is 7.91. The number of nitrogens with zero attached hydrogens (tertiary/aromatic N) is 2. The largest absolute Gasteiger partial charge is 0.481 e. The molecule has 0 bridgehead atoms. The first-order valence-corrected chi connectivity index (χ1v) is 16.8. The Morgan fingerprint density at radius 2 is 1.66 bits per heavy atom. The molecule has 0 aliphatic carbocycles. The third-order valence-corrected chi connectivity index (χ3v) is 9.59. The minimum atomic E-state index is -1.18. The van der Waals surface area contributed by atoms with E-state index in [0.717, 1.165) is 27.4 Å². The van der Waals surface area contributed by atoms with Gasteiger partial charge in [0.15, 0.2) is 17.1 Å². The fourth-order valence-corrected chi connectivity index (χ4v) is 6.80. The molecule has 0 saturated carbocycles. The average Bonchev–Trinajstić information content (AvgIpc) is 3.76. The third kappa shape index (κ3) is 7.80. The molecule has 0 saturated heterocycles. The topological polar surface area (TPSA) is 139 Å². The predicted molar refractivity (Wildman–Crippen MR) is 189 cm³/mol. The molecule has 6 rings (SSSR count). The highest BCUT2D eigenvalue weighted by atomic mass is 16.7. The van der Waals surface area contributed by atoms with Gasteiger partial charge in [-0.2, -0.15) is 0 Å². The van der Waals surface area contributed by atoms with Gasteiger partial charge in [-0.05, 0) is 77.6 Å². The minimum Gasteiger partial charge on any atom is -0.481 e. The van der Waals surface area contributed by atoms with Crippen LogP contribution in [0.15, 0.2) is 95.4 Å². The number of carboxylic acids is 2. The number of carbonyl (C=O) groups is 3. The van der Waals surface area contributed by atoms with Gasteiger partial charge in [0.05, 0.1) is 5.92 Å². The van der Waals surface area contributed by atoms with E-state index in [4.69, 9.17) is 13.9 Å². The summed E-state index contributed by atoms with van der Waals surface area (Å²) >= 11 is 0. The lowest BCUT2D eigenvalue weighted by Gasteiger charge is -2.36. The Kier molecular flexibility index (Phi) is 10.5. The molecule has 2 heterocycles. The van der Waals surface area contributed by atoms with Gasteiger partial charge >= 0.3 is 11.9 Å². The number of amides is 1. The quantitative estimate of drug-likeness (QED) is 0.113. The smallest absolute Gasteiger partial charge is 0.307 e. The summed E-state index contributed by atoms with van der Waals surface area (Å²) in [5.74, 6) is -3.05. The van der Waals surface area contributed by atoms with E-state index in [1.165, 1.54) is 0 Å². The lowest BCUT2D eigenvalue weighted by atomic mass is 9.83. The number of carbonyl (C=O) groups excluding carboxylic acids is 1. The molecule has 2 N–H and O–H groups in total. The van der Waals surface area contributed by atoms with Crippen LogP contribution in [0.25, 0.3) is 27.9 Å². The van der Waals surface area contributed by atoms with Crippen LogP contribution in [0.2, 0.25) is 0 Å². The number of benzene rings is 4. The number of fused-ring (bicyclic) bond motifs is 3. The number of hydrogen-bond acceptors (Lipinski definition) is 7. The Labute approximate surface area is 289 Å². The summed E-state index contributed by atoms with van der Waals surface area (Å²) in [5.41, 5.74) is 3.23. The molecular formula is C40H40N2O8. The Hall–Kier alpha value is -5.64. The molecule has 1 amide bonds. The van der Waals surface area contributed by atoms with E-state index >= 15 is 0 Å². The van der Waals surface area contributed by atoms with E-state index in [1.807, 2.05) is 104 Å². The van der Waals surface area contributed by atoms with Crippen molar-refractivity contribution in [3.05, 3.63) is 108 Å². The molecule has 1 aliphatic heterocycles. The number of aromatic nitrogens is 1. The highest BCUT2D eigenvalue weighted by Crippen LogP contribution is 2.38. The van der Waals surface area contributed by atoms with Crippen molar-refractivity contribution >= 4 is 45.8 Å². The number of para-hydroxylation sites is 2. The Balaban J connectivity index is 1.36. The molecule has 4 atom stereocenters. The average molecular weight is 677 g/mol. The molecule has 10 nitrogen and oxygen atoms in total. The second kappa shape index (κ2) is 15.3. The van der Waals surface area contributed by atoms with Crippen LogP contribution >= 0.6 is 0 Å². The van der Waals surface area contributed by atoms with Crippen LogP contribution in [0.4, 0.5) is 0 Å². The molecule has 0 spiro atoms. The van der Waals surface area contributed by atoms with E-state index in [-0.39, 0.29) is 38.0 Å². The van der Waals surface area contributed by atoms with Gasteiger partial charge in [-0.3, -0.25) is 14.4 Å². The normalized spacial score (nSPS) is 14.8. The lowest BCUT2D eigenvalue weighted by Crippen LogP contribution is -2.43. The van der Waals surface area contributed by atoms with Gasteiger partial charge in [0.25, 0.3) is 0 Å². The SMILES string of the molecule is CCC(CC(=O)O)C(CC(=O)N(Cc1ccc2ccccc2c1)C(C)C(CC=Cc1nc2ccccc2o1)c1ccc2c(c1)OCO2)C(=O)O. The highest BCUT2D eigenvalue weighted by molar-refractivity contribution is 5.85. The summed E-state index contributed by atoms with van der Waals surface area (Å²) in [5, 5.41) is 21.8. The third-order valence-electron chi connectivity index (χ3n) is 9.59. The van der Waals surface area contributed by atoms with Crippen LogP contribution in [0.5, 0.6) is 11.5 Å². The zero-order valence-corrected chi connectivity index (χ0v) is 28.0. The van der Waals surface area contributed by atoms with Crippen molar-refractivity contribution in [2.75, 3.05) is 6.79 Å². The van der Waals surface area contributed by atoms with E-state index in [0.29, 0.717) is 35.8 Å². The van der Waals surface area contributed by atoms with Gasteiger partial charge in [0.2, 0.25) is 18.6 Å². The molecule has 1 aliphatic rings. The number of ether oxygens (including phenoxy) is 2. The van der Waals surface area contributed by atoms with Crippen molar-refractivity contribution in [2.45, 2.75) is 58.0 Å². The van der Waals surface area contributed by atoms with Gasteiger partial charge in [0, 0.05) is 31.3 Å². The molecule has 5 aromatic rings. The van der Waals surface area contributed by atoms with Crippen molar-refractivity contribution in [1.82, 2.24) is 9.88 Å². The van der Waals surface area contributed by atoms with Crippen LogP contribution in [0, 0.1) is 11.8 Å². The van der Waals surface area contributed by atoms with Gasteiger partial charge in [-0.15, -0.1) is 0 Å². The van der Waals surface area contributed by atoms with Crippen molar-refractivity contribution in [2.24, 2.45) is 11.8 Å². The molecule has 0 radical (unpaired) electrons. The summed E-state index contributed by atoms with van der Waals surface area (Å²) < 4.78 is 17.2. The van der Waals surface area contributed by atoms with Crippen LogP contribution in [-0.4, -0.2) is 50.8 Å². The molecular weight excluding hydrogens is 636 g/mol. The van der Waals surface area contributed by atoms with E-state index in [2.05, 4.69) is 4.98 Å². The number of allylic oxidation sites excluding steroid dienone is 1. The summed E-state index contributed by atoms with van der Waals surface area (Å²) in [6.07, 6.45) is 3.93. The molecule has 4 aromatic carbocycles. The van der Waals surface area contributed by atoms with Crippen LogP contribution < -0.4 is 9.47 Å². The van der Waals surface area contributed by atoms with Crippen molar-refractivity contribution < 1.29 is 38.5 Å². The fourth-order valence-electron chi connectivity index (χ4n) is 6.80. The van der Waals surface area contributed by atoms with Crippen LogP contribution in [0.1, 0.15) is 62.5 Å². The zero-order chi connectivity index (χ0) is 35.2. The molecule has 0 fully saturated rings. The minimum absolute atomic E-state index is 0.120. The van der Waals surface area contributed by atoms with E-state index in [9.17, 15) is 24.6 Å². The van der Waals surface area contributed by atoms with Crippen LogP contribution in [-0.2, 0) is 20.9 Å². The van der Waals surface area contributed by atoms with Gasteiger partial charge < -0.3 is 29.0 Å². The Morgan fingerprint density at radius 3 is 2.42 bits per heavy atom. The fraction of sp³-hybridized carbons (Fsp3) is 0.300. The van der Waals surface area contributed by atoms with Crippen molar-refractivity contribution in [3.63, 3.8) is 0 Å². The maximum absolute atomic E-state index is 14.4. The first-order valence-electron chi connectivity index (χ1n) is 16.8. The number of carboxylic acid groups (broad SMARTS) is 2. The van der Waals surface area contributed by atoms with E-state index < -0.39 is 29.8 Å². The van der Waals surface area contributed by atoms with Crippen LogP contribution in [0.3, 0.4) is 0 Å². The lowest BCUT2D eigenvalue weighted by molar-refractivity contribution is -0.150. The molecule has 258 valence electrons. The molecule has 10 heteroatoms. The maximum atomic E-state index is 14.4. The number of hydrogen-bond donors (Lipinski definition) is 2. The first-order chi connectivity index (χ1) is 24.2. The van der Waals surface area contributed by atoms with Crippen molar-refractivity contribution in [3.8, 4) is 11.5 Å². The Bertz CT molecular complexity index is 2000. The second-order valence-corrected chi connectivity index (χ2v) is 12.7. The zero-order valence-electron chi connectivity index (χ0n) is 28.0. The van der Waals surface area contributed by atoms with E-state index in [1.54, 1.807) is 11.8 Å². The second-order valence-electron chi connectivity index (χ2n) is 12.7. The first kappa shape index (κ1) is 34.2. The summed E-state index contributed by atoms with van der Waals surface area (Å²) in [4.78, 5) is 44.8. The number of oxazole rings is 1. The Morgan fingerprint density at radius 1 is 0.900 bits per heavy atom. The summed E-state index contributed by atoms with van der Waals surface area (Å²) in [6, 6.07) is 26.8. The van der Waals surface area contributed by atoms with Gasteiger partial charge in [-0.1, -0.05) is 74.0 Å². The van der Waals surface area contributed by atoms with Gasteiger partial charge in [0.1, 0.15) is 5.52 Å². The number of rotatable bonds is 15. The number of aliphatic carboxylic acids is 2. The summed E-state index contributed by atoms with van der Waals surface area (Å²) in [7, 11) is 0. The standard InChI is InChI=1S/C40H40N2O8/c1-3-27(21-39(44)45)32(40(46)47)22-38(43)42(23-26-15-16-28-9-4-5-10-29(28)19-26)25(2)31(30-17-18-35-36(20-30)49-24-48-35)11-8-14-37-41-33-12-6-7-13-34(33)50-37/h4-10,12-20,25,27,31-32H,3,11,21-24H2,1-2H3,(H,44,45)(H,46,47). The monoisotopic (exact) mass is 676 g/mol. The highest BCUT2D eigenvalue weighted by Gasteiger charge is 2.35. The maximum Gasteiger partial charge on any atom is 0.307 e. The molecule has 4 unspecified atom stereocenters. The van der Waals surface area contributed by atoms with Gasteiger partial charge in [-0.25, -0.2) is 4.98 Å². The van der Waals surface area contributed by atoms with Crippen molar-refractivity contribution in [1.29, 1.82) is 0 Å². The molecule has 50 heavy (non-hydrogen) atoms. The summed E-state index contributed by atoms with van der Waals surface area (Å²) in [6.45, 7) is 4.06. The molecule has 1 aromatic heterocycles.